The number of nitrogens with zero attached hydrogens (tertiary/aromatic N) is 2. The third-order valence-electron chi connectivity index (χ3n) is 3.94. The number of carbonyl (C=O) groups excluding carboxylic acids is 1. The summed E-state index contributed by atoms with van der Waals surface area (Å²) in [4.78, 5) is 24.0. The summed E-state index contributed by atoms with van der Waals surface area (Å²) in [6.07, 6.45) is 1.55. The van der Waals surface area contributed by atoms with Crippen molar-refractivity contribution in [2.75, 3.05) is 0 Å². The number of hydrogen-bond donors (Lipinski definition) is 0. The largest absolute Gasteiger partial charge is 0.331 e. The summed E-state index contributed by atoms with van der Waals surface area (Å²) in [5.74, 6) is -1.97. The van der Waals surface area contributed by atoms with Crippen molar-refractivity contribution >= 4 is 11.6 Å². The van der Waals surface area contributed by atoms with E-state index in [-0.39, 0.29) is 18.2 Å². The quantitative estimate of drug-likeness (QED) is 0.620. The Kier molecular flexibility index (Phi) is 4.24. The Morgan fingerprint density at radius 1 is 1.17 bits per heavy atom. The summed E-state index contributed by atoms with van der Waals surface area (Å²) in [6, 6.07) is 8.95. The highest BCUT2D eigenvalue weighted by Gasteiger charge is 2.34. The number of rotatable bonds is 5. The molecule has 2 aromatic carbocycles. The molecule has 0 heterocycles. The van der Waals surface area contributed by atoms with Crippen LogP contribution >= 0.6 is 0 Å². The molecule has 3 rings (SSSR count). The Bertz CT molecular complexity index is 806. The van der Waals surface area contributed by atoms with Crippen LogP contribution in [-0.2, 0) is 6.54 Å². The number of non-ortho nitro benzene ring substituents is 1. The first-order valence-corrected chi connectivity index (χ1v) is 7.45. The van der Waals surface area contributed by atoms with Crippen LogP contribution in [0.5, 0.6) is 0 Å². The van der Waals surface area contributed by atoms with E-state index in [2.05, 4.69) is 0 Å². The van der Waals surface area contributed by atoms with Crippen LogP contribution in [0.15, 0.2) is 42.5 Å². The molecule has 0 unspecified atom stereocenters. The molecule has 124 valence electrons. The van der Waals surface area contributed by atoms with Crippen LogP contribution in [0.4, 0.5) is 14.5 Å². The van der Waals surface area contributed by atoms with Gasteiger partial charge in [0.25, 0.3) is 11.6 Å². The fraction of sp³-hybridized carbons (Fsp3) is 0.235. The monoisotopic (exact) mass is 332 g/mol. The van der Waals surface area contributed by atoms with Crippen LogP contribution in [-0.4, -0.2) is 21.8 Å². The number of halogens is 2. The number of nitro groups is 1. The Morgan fingerprint density at radius 3 is 2.46 bits per heavy atom. The number of hydrogen-bond acceptors (Lipinski definition) is 3. The summed E-state index contributed by atoms with van der Waals surface area (Å²) in [6.45, 7) is 0.0343. The van der Waals surface area contributed by atoms with Crippen molar-refractivity contribution < 1.29 is 18.5 Å². The first-order valence-electron chi connectivity index (χ1n) is 7.45. The van der Waals surface area contributed by atoms with Crippen molar-refractivity contribution in [3.8, 4) is 0 Å². The Hall–Kier alpha value is -2.83. The fourth-order valence-corrected chi connectivity index (χ4v) is 2.51. The summed E-state index contributed by atoms with van der Waals surface area (Å²) in [5.41, 5.74) is -0.319. The molecule has 0 spiro atoms. The molecule has 5 nitrogen and oxygen atoms in total. The van der Waals surface area contributed by atoms with E-state index in [1.165, 1.54) is 11.0 Å². The molecule has 1 fully saturated rings. The molecule has 0 bridgehead atoms. The minimum atomic E-state index is -0.951. The molecule has 1 aliphatic carbocycles. The van der Waals surface area contributed by atoms with Crippen molar-refractivity contribution in [3.63, 3.8) is 0 Å². The van der Waals surface area contributed by atoms with Gasteiger partial charge in [-0.25, -0.2) is 8.78 Å². The van der Waals surface area contributed by atoms with Gasteiger partial charge in [0.05, 0.1) is 16.6 Å². The summed E-state index contributed by atoms with van der Waals surface area (Å²) in [7, 11) is 0. The van der Waals surface area contributed by atoms with Gasteiger partial charge in [-0.3, -0.25) is 14.9 Å². The molecule has 7 heteroatoms. The molecule has 0 radical (unpaired) electrons. The van der Waals surface area contributed by atoms with E-state index in [1.807, 2.05) is 0 Å². The minimum Gasteiger partial charge on any atom is -0.331 e. The van der Waals surface area contributed by atoms with Crippen molar-refractivity contribution in [2.24, 2.45) is 0 Å². The number of benzene rings is 2. The zero-order valence-electron chi connectivity index (χ0n) is 12.6. The van der Waals surface area contributed by atoms with Crippen LogP contribution in [0.25, 0.3) is 0 Å². The lowest BCUT2D eigenvalue weighted by Gasteiger charge is -2.23. The van der Waals surface area contributed by atoms with E-state index in [0.29, 0.717) is 5.56 Å². The number of carbonyl (C=O) groups is 1. The molecule has 1 saturated carbocycles. The molecule has 2 aromatic rings. The molecule has 1 amide bonds. The highest BCUT2D eigenvalue weighted by Crippen LogP contribution is 2.31. The second-order valence-corrected chi connectivity index (χ2v) is 5.68. The van der Waals surface area contributed by atoms with Crippen LogP contribution in [0.2, 0.25) is 0 Å². The molecular weight excluding hydrogens is 318 g/mol. The second-order valence-electron chi connectivity index (χ2n) is 5.68. The molecule has 0 aliphatic heterocycles. The minimum absolute atomic E-state index is 0.0343. The van der Waals surface area contributed by atoms with E-state index < -0.39 is 28.2 Å². The molecule has 24 heavy (non-hydrogen) atoms. The predicted molar refractivity (Wildman–Crippen MR) is 82.3 cm³/mol. The highest BCUT2D eigenvalue weighted by molar-refractivity contribution is 5.95. The van der Waals surface area contributed by atoms with Crippen molar-refractivity contribution in [1.29, 1.82) is 0 Å². The molecular formula is C17H14F2N2O3. The topological polar surface area (TPSA) is 63.4 Å². The predicted octanol–water partition coefficient (Wildman–Crippen LogP) is 3.68. The summed E-state index contributed by atoms with van der Waals surface area (Å²) in [5, 5.41) is 10.7. The van der Waals surface area contributed by atoms with E-state index in [1.54, 1.807) is 18.2 Å². The second kappa shape index (κ2) is 6.35. The molecule has 0 N–H and O–H groups in total. The Labute approximate surface area is 136 Å². The van der Waals surface area contributed by atoms with Gasteiger partial charge in [0.2, 0.25) is 0 Å². The normalized spacial score (nSPS) is 13.6. The van der Waals surface area contributed by atoms with Crippen LogP contribution in [0, 0.1) is 21.7 Å². The maximum Gasteiger partial charge on any atom is 0.272 e. The van der Waals surface area contributed by atoms with Gasteiger partial charge in [-0.2, -0.15) is 0 Å². The van der Waals surface area contributed by atoms with Gasteiger partial charge in [-0.05, 0) is 25.0 Å². The van der Waals surface area contributed by atoms with Crippen molar-refractivity contribution in [2.45, 2.75) is 25.4 Å². The smallest absolute Gasteiger partial charge is 0.272 e. The maximum absolute atomic E-state index is 14.1. The van der Waals surface area contributed by atoms with Crippen molar-refractivity contribution in [1.82, 2.24) is 4.90 Å². The summed E-state index contributed by atoms with van der Waals surface area (Å²) < 4.78 is 27.9. The average Bonchev–Trinajstić information content (AvgIpc) is 3.38. The van der Waals surface area contributed by atoms with Crippen LogP contribution in [0.1, 0.15) is 28.8 Å². The van der Waals surface area contributed by atoms with Gasteiger partial charge in [-0.1, -0.05) is 18.2 Å². The third-order valence-corrected chi connectivity index (χ3v) is 3.94. The lowest BCUT2D eigenvalue weighted by Crippen LogP contribution is -2.33. The zero-order valence-corrected chi connectivity index (χ0v) is 12.6. The highest BCUT2D eigenvalue weighted by atomic mass is 19.1. The fourth-order valence-electron chi connectivity index (χ4n) is 2.51. The van der Waals surface area contributed by atoms with Gasteiger partial charge in [0, 0.05) is 24.2 Å². The van der Waals surface area contributed by atoms with Gasteiger partial charge in [0.15, 0.2) is 0 Å². The average molecular weight is 332 g/mol. The van der Waals surface area contributed by atoms with Crippen LogP contribution in [0.3, 0.4) is 0 Å². The SMILES string of the molecule is O=C(c1ccc([N+](=O)[O-])cc1F)N(Cc1ccccc1F)C1CC1. The number of nitro benzene ring substituents is 1. The van der Waals surface area contributed by atoms with Gasteiger partial charge in [0.1, 0.15) is 11.6 Å². The standard InChI is InChI=1S/C17H14F2N2O3/c18-15-4-2-1-3-11(15)10-20(12-5-6-12)17(22)14-8-7-13(21(23)24)9-16(14)19/h1-4,7-9,12H,5-6,10H2. The van der Waals surface area contributed by atoms with Crippen molar-refractivity contribution in [3.05, 3.63) is 75.3 Å². The lowest BCUT2D eigenvalue weighted by molar-refractivity contribution is -0.385. The van der Waals surface area contributed by atoms with Gasteiger partial charge >= 0.3 is 0 Å². The van der Waals surface area contributed by atoms with E-state index in [4.69, 9.17) is 0 Å². The first-order chi connectivity index (χ1) is 11.5. The molecule has 0 atom stereocenters. The van der Waals surface area contributed by atoms with Gasteiger partial charge < -0.3 is 4.90 Å². The summed E-state index contributed by atoms with van der Waals surface area (Å²) >= 11 is 0. The molecule has 1 aliphatic rings. The zero-order chi connectivity index (χ0) is 17.3. The van der Waals surface area contributed by atoms with E-state index >= 15 is 0 Å². The Balaban J connectivity index is 1.88. The van der Waals surface area contributed by atoms with E-state index in [0.717, 1.165) is 31.0 Å². The molecule has 0 saturated heterocycles. The third kappa shape index (κ3) is 3.24. The van der Waals surface area contributed by atoms with Gasteiger partial charge in [-0.15, -0.1) is 0 Å². The maximum atomic E-state index is 14.1. The number of amides is 1. The first kappa shape index (κ1) is 16.0. The lowest BCUT2D eigenvalue weighted by atomic mass is 10.1. The van der Waals surface area contributed by atoms with Crippen LogP contribution < -0.4 is 0 Å². The Morgan fingerprint density at radius 2 is 1.88 bits per heavy atom. The molecule has 0 aromatic heterocycles. The van der Waals surface area contributed by atoms with E-state index in [9.17, 15) is 23.7 Å².